The Labute approximate surface area is 180 Å². The van der Waals surface area contributed by atoms with Crippen molar-refractivity contribution in [2.75, 3.05) is 5.32 Å². The van der Waals surface area contributed by atoms with Gasteiger partial charge < -0.3 is 9.88 Å². The number of benzene rings is 2. The van der Waals surface area contributed by atoms with Gasteiger partial charge >= 0.3 is 0 Å². The maximum absolute atomic E-state index is 12.7. The molecule has 3 rings (SSSR count). The third-order valence-electron chi connectivity index (χ3n) is 5.06. The predicted molar refractivity (Wildman–Crippen MR) is 120 cm³/mol. The lowest BCUT2D eigenvalue weighted by molar-refractivity contribution is -0.384. The second-order valence-corrected chi connectivity index (χ2v) is 7.38. The Kier molecular flexibility index (Phi) is 6.02. The minimum atomic E-state index is -0.491. The van der Waals surface area contributed by atoms with E-state index in [2.05, 4.69) is 5.32 Å². The molecule has 7 heteroatoms. The lowest BCUT2D eigenvalue weighted by Gasteiger charge is -2.10. The van der Waals surface area contributed by atoms with Crippen molar-refractivity contribution >= 4 is 23.4 Å². The lowest BCUT2D eigenvalue weighted by atomic mass is 10.1. The van der Waals surface area contributed by atoms with Crippen molar-refractivity contribution in [2.45, 2.75) is 27.7 Å². The Bertz CT molecular complexity index is 1260. The number of hydrogen-bond acceptors (Lipinski definition) is 4. The average Bonchev–Trinajstić information content (AvgIpc) is 3.01. The standard InChI is InChI=1S/C24H22N4O3/c1-15-8-9-23(16(2)10-15)26-24(29)20(14-25)12-19-11-17(3)27(18(19)4)21-6-5-7-22(13-21)28(30)31/h5-13H,1-4H3,(H,26,29)/b20-12-. The average molecular weight is 414 g/mol. The first kappa shape index (κ1) is 21.5. The van der Waals surface area contributed by atoms with Crippen LogP contribution in [0.5, 0.6) is 0 Å². The van der Waals surface area contributed by atoms with Gasteiger partial charge in [0.05, 0.1) is 10.6 Å². The van der Waals surface area contributed by atoms with Gasteiger partial charge in [-0.15, -0.1) is 0 Å². The molecule has 31 heavy (non-hydrogen) atoms. The summed E-state index contributed by atoms with van der Waals surface area (Å²) >= 11 is 0. The molecule has 1 amide bonds. The van der Waals surface area contributed by atoms with E-state index < -0.39 is 10.8 Å². The van der Waals surface area contributed by atoms with Gasteiger partial charge in [0.15, 0.2) is 0 Å². The van der Waals surface area contributed by atoms with E-state index in [1.165, 1.54) is 18.2 Å². The molecule has 0 fully saturated rings. The molecule has 0 unspecified atom stereocenters. The summed E-state index contributed by atoms with van der Waals surface area (Å²) in [5, 5.41) is 23.5. The number of carbonyl (C=O) groups is 1. The zero-order chi connectivity index (χ0) is 22.7. The third-order valence-corrected chi connectivity index (χ3v) is 5.06. The summed E-state index contributed by atoms with van der Waals surface area (Å²) in [4.78, 5) is 23.4. The molecule has 0 radical (unpaired) electrons. The number of nitriles is 1. The van der Waals surface area contributed by atoms with Gasteiger partial charge in [0, 0.05) is 29.2 Å². The molecule has 0 aliphatic carbocycles. The Morgan fingerprint density at radius 2 is 1.87 bits per heavy atom. The molecule has 3 aromatic rings. The number of nitrogens with one attached hydrogen (secondary N) is 1. The number of nitro benzene ring substituents is 1. The van der Waals surface area contributed by atoms with Crippen molar-refractivity contribution in [3.63, 3.8) is 0 Å². The molecule has 1 aromatic heterocycles. The molecule has 0 saturated heterocycles. The van der Waals surface area contributed by atoms with Crippen molar-refractivity contribution in [1.29, 1.82) is 5.26 Å². The molecular weight excluding hydrogens is 392 g/mol. The zero-order valence-corrected chi connectivity index (χ0v) is 17.8. The molecule has 7 nitrogen and oxygen atoms in total. The summed E-state index contributed by atoms with van der Waals surface area (Å²) < 4.78 is 1.86. The largest absolute Gasteiger partial charge is 0.321 e. The van der Waals surface area contributed by atoms with E-state index in [0.717, 1.165) is 22.5 Å². The number of anilines is 1. The summed E-state index contributed by atoms with van der Waals surface area (Å²) in [5.74, 6) is -0.491. The first-order chi connectivity index (χ1) is 14.7. The highest BCUT2D eigenvalue weighted by Gasteiger charge is 2.16. The molecule has 0 atom stereocenters. The fourth-order valence-electron chi connectivity index (χ4n) is 3.52. The Hall–Kier alpha value is -4.18. The van der Waals surface area contributed by atoms with E-state index in [1.807, 2.05) is 62.6 Å². The summed E-state index contributed by atoms with van der Waals surface area (Å²) in [6, 6.07) is 15.8. The molecule has 1 N–H and O–H groups in total. The van der Waals surface area contributed by atoms with Crippen molar-refractivity contribution < 1.29 is 9.72 Å². The van der Waals surface area contributed by atoms with Crippen LogP contribution in [-0.2, 0) is 4.79 Å². The number of aromatic nitrogens is 1. The number of amides is 1. The van der Waals surface area contributed by atoms with Crippen LogP contribution in [0.1, 0.15) is 28.1 Å². The second kappa shape index (κ2) is 8.67. The second-order valence-electron chi connectivity index (χ2n) is 7.38. The zero-order valence-electron chi connectivity index (χ0n) is 17.8. The number of nitrogens with zero attached hydrogens (tertiary/aromatic N) is 3. The van der Waals surface area contributed by atoms with Gasteiger partial charge in [-0.1, -0.05) is 23.8 Å². The van der Waals surface area contributed by atoms with Crippen molar-refractivity contribution in [3.05, 3.63) is 92.3 Å². The maximum atomic E-state index is 12.7. The van der Waals surface area contributed by atoms with E-state index >= 15 is 0 Å². The van der Waals surface area contributed by atoms with Crippen LogP contribution in [0.2, 0.25) is 0 Å². The van der Waals surface area contributed by atoms with Crippen LogP contribution in [0, 0.1) is 49.1 Å². The van der Waals surface area contributed by atoms with Crippen LogP contribution in [0.15, 0.2) is 54.1 Å². The summed E-state index contributed by atoms with van der Waals surface area (Å²) in [6.07, 6.45) is 1.54. The number of aryl methyl sites for hydroxylation is 3. The van der Waals surface area contributed by atoms with Gasteiger partial charge in [0.1, 0.15) is 11.6 Å². The topological polar surface area (TPSA) is 101 Å². The summed E-state index contributed by atoms with van der Waals surface area (Å²) in [5.41, 5.74) is 5.54. The minimum absolute atomic E-state index is 0.00680. The summed E-state index contributed by atoms with van der Waals surface area (Å²) in [7, 11) is 0. The Morgan fingerprint density at radius 1 is 1.13 bits per heavy atom. The SMILES string of the molecule is Cc1ccc(NC(=O)/C(C#N)=C\c2cc(C)n(-c3cccc([N+](=O)[O-])c3)c2C)c(C)c1. The van der Waals surface area contributed by atoms with Gasteiger partial charge in [-0.25, -0.2) is 0 Å². The van der Waals surface area contributed by atoms with E-state index in [9.17, 15) is 20.2 Å². The number of hydrogen-bond donors (Lipinski definition) is 1. The predicted octanol–water partition coefficient (Wildman–Crippen LogP) is 5.16. The Morgan fingerprint density at radius 3 is 2.52 bits per heavy atom. The van der Waals surface area contributed by atoms with Crippen LogP contribution in [0.3, 0.4) is 0 Å². The maximum Gasteiger partial charge on any atom is 0.271 e. The van der Waals surface area contributed by atoms with E-state index in [-0.39, 0.29) is 11.3 Å². The van der Waals surface area contributed by atoms with Gasteiger partial charge in [0.2, 0.25) is 0 Å². The van der Waals surface area contributed by atoms with Crippen LogP contribution in [-0.4, -0.2) is 15.4 Å². The van der Waals surface area contributed by atoms with Crippen molar-refractivity contribution in [2.24, 2.45) is 0 Å². The molecule has 0 saturated carbocycles. The molecule has 0 aliphatic heterocycles. The smallest absolute Gasteiger partial charge is 0.271 e. The number of rotatable bonds is 5. The first-order valence-electron chi connectivity index (χ1n) is 9.65. The highest BCUT2D eigenvalue weighted by atomic mass is 16.6. The van der Waals surface area contributed by atoms with E-state index in [4.69, 9.17) is 0 Å². The van der Waals surface area contributed by atoms with Gasteiger partial charge in [-0.2, -0.15) is 5.26 Å². The highest BCUT2D eigenvalue weighted by Crippen LogP contribution is 2.25. The van der Waals surface area contributed by atoms with Crippen LogP contribution >= 0.6 is 0 Å². The molecule has 0 spiro atoms. The highest BCUT2D eigenvalue weighted by molar-refractivity contribution is 6.10. The normalized spacial score (nSPS) is 11.1. The lowest BCUT2D eigenvalue weighted by Crippen LogP contribution is -2.14. The number of non-ortho nitro benzene ring substituents is 1. The van der Waals surface area contributed by atoms with Crippen molar-refractivity contribution in [3.8, 4) is 11.8 Å². The van der Waals surface area contributed by atoms with Gasteiger partial charge in [-0.05, 0) is 63.1 Å². The quantitative estimate of drug-likeness (QED) is 0.269. The van der Waals surface area contributed by atoms with Crippen LogP contribution < -0.4 is 5.32 Å². The fourth-order valence-corrected chi connectivity index (χ4v) is 3.52. The van der Waals surface area contributed by atoms with Crippen molar-refractivity contribution in [1.82, 2.24) is 4.57 Å². The molecule has 156 valence electrons. The van der Waals surface area contributed by atoms with E-state index in [0.29, 0.717) is 16.9 Å². The van der Waals surface area contributed by atoms with Gasteiger partial charge in [0.25, 0.3) is 11.6 Å². The molecule has 0 bridgehead atoms. The van der Waals surface area contributed by atoms with Gasteiger partial charge in [-0.3, -0.25) is 14.9 Å². The van der Waals surface area contributed by atoms with Crippen LogP contribution in [0.4, 0.5) is 11.4 Å². The summed E-state index contributed by atoms with van der Waals surface area (Å²) in [6.45, 7) is 7.57. The first-order valence-corrected chi connectivity index (χ1v) is 9.65. The molecule has 2 aromatic carbocycles. The Balaban J connectivity index is 1.96. The van der Waals surface area contributed by atoms with E-state index in [1.54, 1.807) is 12.1 Å². The molecular formula is C24H22N4O3. The minimum Gasteiger partial charge on any atom is -0.321 e. The monoisotopic (exact) mass is 414 g/mol. The molecule has 1 heterocycles. The third kappa shape index (κ3) is 4.54. The number of carbonyl (C=O) groups excluding carboxylic acids is 1. The molecule has 0 aliphatic rings. The van der Waals surface area contributed by atoms with Crippen LogP contribution in [0.25, 0.3) is 11.8 Å². The fraction of sp³-hybridized carbons (Fsp3) is 0.167. The number of nitro groups is 1.